The standard InChI is InChI=1S/C16H24N2O2S/c1-2-16(19)18-10-6-9-17(11-12-18)13-14-21(20)15-7-4-3-5-8-15/h3-5,7-8H,2,6,9-14H2,1H3/t21-/m0/s1. The molecule has 0 aromatic heterocycles. The monoisotopic (exact) mass is 308 g/mol. The zero-order valence-corrected chi connectivity index (χ0v) is 13.5. The summed E-state index contributed by atoms with van der Waals surface area (Å²) < 4.78 is 12.2. The van der Waals surface area contributed by atoms with E-state index in [-0.39, 0.29) is 5.91 Å². The van der Waals surface area contributed by atoms with E-state index in [4.69, 9.17) is 0 Å². The van der Waals surface area contributed by atoms with Gasteiger partial charge in [-0.2, -0.15) is 0 Å². The van der Waals surface area contributed by atoms with Crippen LogP contribution in [0.2, 0.25) is 0 Å². The topological polar surface area (TPSA) is 40.6 Å². The predicted octanol–water partition coefficient (Wildman–Crippen LogP) is 1.74. The van der Waals surface area contributed by atoms with Gasteiger partial charge in [-0.1, -0.05) is 25.1 Å². The van der Waals surface area contributed by atoms with Crippen molar-refractivity contribution in [3.63, 3.8) is 0 Å². The molecule has 1 aromatic rings. The van der Waals surface area contributed by atoms with Crippen LogP contribution in [0.25, 0.3) is 0 Å². The van der Waals surface area contributed by atoms with Crippen molar-refractivity contribution in [1.82, 2.24) is 9.80 Å². The maximum atomic E-state index is 12.2. The number of carbonyl (C=O) groups is 1. The first-order valence-electron chi connectivity index (χ1n) is 7.64. The molecule has 1 aliphatic rings. The maximum Gasteiger partial charge on any atom is 0.222 e. The fourth-order valence-corrected chi connectivity index (χ4v) is 3.69. The molecule has 0 saturated carbocycles. The molecule has 0 spiro atoms. The van der Waals surface area contributed by atoms with Crippen LogP contribution in [0, 0.1) is 0 Å². The van der Waals surface area contributed by atoms with Gasteiger partial charge in [0.25, 0.3) is 0 Å². The number of hydrogen-bond acceptors (Lipinski definition) is 3. The number of benzene rings is 1. The van der Waals surface area contributed by atoms with E-state index in [0.717, 1.165) is 44.0 Å². The van der Waals surface area contributed by atoms with Crippen molar-refractivity contribution < 1.29 is 9.00 Å². The Morgan fingerprint density at radius 1 is 1.14 bits per heavy atom. The van der Waals surface area contributed by atoms with Crippen LogP contribution in [0.15, 0.2) is 35.2 Å². The molecule has 21 heavy (non-hydrogen) atoms. The van der Waals surface area contributed by atoms with Gasteiger partial charge in [-0.3, -0.25) is 9.00 Å². The fraction of sp³-hybridized carbons (Fsp3) is 0.562. The minimum absolute atomic E-state index is 0.240. The van der Waals surface area contributed by atoms with Gasteiger partial charge >= 0.3 is 0 Å². The van der Waals surface area contributed by atoms with E-state index in [1.807, 2.05) is 42.2 Å². The molecule has 1 aliphatic heterocycles. The van der Waals surface area contributed by atoms with Crippen LogP contribution in [0.1, 0.15) is 19.8 Å². The van der Waals surface area contributed by atoms with Crippen molar-refractivity contribution in [3.05, 3.63) is 30.3 Å². The Labute approximate surface area is 129 Å². The molecular weight excluding hydrogens is 284 g/mol. The summed E-state index contributed by atoms with van der Waals surface area (Å²) in [6.45, 7) is 6.26. The van der Waals surface area contributed by atoms with Crippen molar-refractivity contribution in [3.8, 4) is 0 Å². The smallest absolute Gasteiger partial charge is 0.222 e. The number of nitrogens with zero attached hydrogens (tertiary/aromatic N) is 2. The number of carbonyl (C=O) groups excluding carboxylic acids is 1. The first kappa shape index (κ1) is 16.2. The van der Waals surface area contributed by atoms with Crippen LogP contribution in [0.3, 0.4) is 0 Å². The summed E-state index contributed by atoms with van der Waals surface area (Å²) in [5.74, 6) is 0.899. The lowest BCUT2D eigenvalue weighted by Gasteiger charge is -2.21. The zero-order chi connectivity index (χ0) is 15.1. The summed E-state index contributed by atoms with van der Waals surface area (Å²) in [5.41, 5.74) is 0. The molecule has 1 atom stereocenters. The van der Waals surface area contributed by atoms with Gasteiger partial charge in [-0.05, 0) is 25.1 Å². The van der Waals surface area contributed by atoms with E-state index >= 15 is 0 Å². The van der Waals surface area contributed by atoms with Crippen LogP contribution in [0.4, 0.5) is 0 Å². The van der Waals surface area contributed by atoms with Crippen molar-refractivity contribution in [2.75, 3.05) is 38.5 Å². The highest BCUT2D eigenvalue weighted by Crippen LogP contribution is 2.08. The minimum atomic E-state index is -0.932. The largest absolute Gasteiger partial charge is 0.341 e. The van der Waals surface area contributed by atoms with Gasteiger partial charge < -0.3 is 9.80 Å². The second kappa shape index (κ2) is 8.29. The zero-order valence-electron chi connectivity index (χ0n) is 12.7. The fourth-order valence-electron chi connectivity index (χ4n) is 2.57. The summed E-state index contributed by atoms with van der Waals surface area (Å²) in [6, 6.07) is 9.62. The predicted molar refractivity (Wildman–Crippen MR) is 85.6 cm³/mol. The molecule has 1 fully saturated rings. The Morgan fingerprint density at radius 3 is 2.62 bits per heavy atom. The molecule has 4 nitrogen and oxygen atoms in total. The average Bonchev–Trinajstić information content (AvgIpc) is 2.78. The first-order valence-corrected chi connectivity index (χ1v) is 8.96. The third-order valence-electron chi connectivity index (χ3n) is 3.84. The average molecular weight is 308 g/mol. The molecule has 1 heterocycles. The Hall–Kier alpha value is -1.20. The Kier molecular flexibility index (Phi) is 6.39. The Bertz CT molecular complexity index is 478. The molecule has 2 rings (SSSR count). The molecule has 1 aromatic carbocycles. The van der Waals surface area contributed by atoms with E-state index in [1.165, 1.54) is 0 Å². The van der Waals surface area contributed by atoms with Gasteiger partial charge in [0.15, 0.2) is 0 Å². The quantitative estimate of drug-likeness (QED) is 0.832. The Morgan fingerprint density at radius 2 is 1.90 bits per heavy atom. The van der Waals surface area contributed by atoms with Gasteiger partial charge in [0.05, 0.1) is 10.8 Å². The highest BCUT2D eigenvalue weighted by molar-refractivity contribution is 7.85. The molecule has 1 saturated heterocycles. The molecule has 5 heteroatoms. The van der Waals surface area contributed by atoms with Crippen LogP contribution in [-0.4, -0.2) is 58.4 Å². The van der Waals surface area contributed by atoms with E-state index in [9.17, 15) is 9.00 Å². The summed E-state index contributed by atoms with van der Waals surface area (Å²) in [7, 11) is -0.932. The third kappa shape index (κ3) is 4.93. The number of hydrogen-bond donors (Lipinski definition) is 0. The summed E-state index contributed by atoms with van der Waals surface area (Å²) in [6.07, 6.45) is 1.59. The van der Waals surface area contributed by atoms with Gasteiger partial charge in [0.1, 0.15) is 0 Å². The van der Waals surface area contributed by atoms with E-state index in [1.54, 1.807) is 0 Å². The molecule has 116 valence electrons. The SMILES string of the molecule is CCC(=O)N1CCCN(CC[S@](=O)c2ccccc2)CC1. The lowest BCUT2D eigenvalue weighted by Crippen LogP contribution is -2.35. The highest BCUT2D eigenvalue weighted by Gasteiger charge is 2.18. The Balaban J connectivity index is 1.79. The molecule has 0 aliphatic carbocycles. The van der Waals surface area contributed by atoms with Crippen molar-refractivity contribution in [1.29, 1.82) is 0 Å². The molecule has 0 unspecified atom stereocenters. The van der Waals surface area contributed by atoms with Crippen molar-refractivity contribution in [2.24, 2.45) is 0 Å². The van der Waals surface area contributed by atoms with Gasteiger partial charge in [-0.15, -0.1) is 0 Å². The summed E-state index contributed by atoms with van der Waals surface area (Å²) in [4.78, 5) is 16.9. The normalized spacial score (nSPS) is 18.2. The van der Waals surface area contributed by atoms with Crippen LogP contribution in [-0.2, 0) is 15.6 Å². The van der Waals surface area contributed by atoms with Crippen molar-refractivity contribution in [2.45, 2.75) is 24.7 Å². The van der Waals surface area contributed by atoms with E-state index in [0.29, 0.717) is 12.2 Å². The van der Waals surface area contributed by atoms with Gasteiger partial charge in [0.2, 0.25) is 5.91 Å². The minimum Gasteiger partial charge on any atom is -0.341 e. The second-order valence-corrected chi connectivity index (χ2v) is 6.86. The molecular formula is C16H24N2O2S. The maximum absolute atomic E-state index is 12.2. The number of rotatable bonds is 5. The molecule has 0 bridgehead atoms. The lowest BCUT2D eigenvalue weighted by atomic mass is 10.3. The van der Waals surface area contributed by atoms with Crippen LogP contribution >= 0.6 is 0 Å². The van der Waals surface area contributed by atoms with Gasteiger partial charge in [0, 0.05) is 43.2 Å². The molecule has 0 radical (unpaired) electrons. The van der Waals surface area contributed by atoms with Gasteiger partial charge in [-0.25, -0.2) is 0 Å². The first-order chi connectivity index (χ1) is 10.2. The van der Waals surface area contributed by atoms with Crippen molar-refractivity contribution >= 4 is 16.7 Å². The van der Waals surface area contributed by atoms with Crippen LogP contribution in [0.5, 0.6) is 0 Å². The molecule has 1 amide bonds. The summed E-state index contributed by atoms with van der Waals surface area (Å²) >= 11 is 0. The van der Waals surface area contributed by atoms with E-state index in [2.05, 4.69) is 4.90 Å². The number of amides is 1. The second-order valence-electron chi connectivity index (χ2n) is 5.29. The lowest BCUT2D eigenvalue weighted by molar-refractivity contribution is -0.130. The summed E-state index contributed by atoms with van der Waals surface area (Å²) in [5, 5.41) is 0. The van der Waals surface area contributed by atoms with E-state index < -0.39 is 10.8 Å². The highest BCUT2D eigenvalue weighted by atomic mass is 32.2. The molecule has 0 N–H and O–H groups in total. The third-order valence-corrected chi connectivity index (χ3v) is 5.19. The van der Waals surface area contributed by atoms with Crippen LogP contribution < -0.4 is 0 Å².